The van der Waals surface area contributed by atoms with Gasteiger partial charge in [-0.05, 0) is 37.0 Å². The third-order valence-corrected chi connectivity index (χ3v) is 10.4. The van der Waals surface area contributed by atoms with Crippen LogP contribution in [0.1, 0.15) is 39.5 Å². The van der Waals surface area contributed by atoms with Gasteiger partial charge in [0.25, 0.3) is 0 Å². The molecule has 2 saturated carbocycles. The van der Waals surface area contributed by atoms with Gasteiger partial charge in [-0.1, -0.05) is 38.2 Å². The second kappa shape index (κ2) is 8.51. The monoisotopic (exact) mass is 442 g/mol. The second-order valence-corrected chi connectivity index (χ2v) is 11.9. The summed E-state index contributed by atoms with van der Waals surface area (Å²) in [4.78, 5) is 12.4. The lowest BCUT2D eigenvalue weighted by Crippen LogP contribution is -2.57. The highest BCUT2D eigenvalue weighted by Crippen LogP contribution is 2.61. The molecule has 30 heavy (non-hydrogen) atoms. The van der Waals surface area contributed by atoms with E-state index < -0.39 is 36.7 Å². The van der Waals surface area contributed by atoms with E-state index in [0.717, 1.165) is 24.8 Å². The smallest absolute Gasteiger partial charge is 0.337 e. The van der Waals surface area contributed by atoms with Crippen molar-refractivity contribution in [1.29, 1.82) is 0 Å². The minimum absolute atomic E-state index is 0.00687. The van der Waals surface area contributed by atoms with Gasteiger partial charge in [0.15, 0.2) is 0 Å². The summed E-state index contributed by atoms with van der Waals surface area (Å²) >= 11 is 0. The van der Waals surface area contributed by atoms with E-state index in [4.69, 9.17) is 13.8 Å². The Balaban J connectivity index is 1.92. The van der Waals surface area contributed by atoms with Crippen molar-refractivity contribution in [3.8, 4) is 0 Å². The van der Waals surface area contributed by atoms with Crippen LogP contribution in [0.4, 0.5) is 0 Å². The molecule has 3 aliphatic rings. The van der Waals surface area contributed by atoms with Crippen LogP contribution in [0.3, 0.4) is 0 Å². The zero-order valence-electron chi connectivity index (χ0n) is 18.4. The number of hydrogen-bond acceptors (Lipinski definition) is 7. The molecule has 7 nitrogen and oxygen atoms in total. The third kappa shape index (κ3) is 3.63. The van der Waals surface area contributed by atoms with E-state index in [1.165, 1.54) is 14.2 Å². The first-order valence-corrected chi connectivity index (χ1v) is 12.2. The molecule has 1 saturated heterocycles. The summed E-state index contributed by atoms with van der Waals surface area (Å²) in [7, 11) is -0.851. The van der Waals surface area contributed by atoms with Crippen LogP contribution in [0.2, 0.25) is 0 Å². The van der Waals surface area contributed by atoms with E-state index in [2.05, 4.69) is 13.5 Å². The summed E-state index contributed by atoms with van der Waals surface area (Å²) in [5.41, 5.74) is -0.387. The van der Waals surface area contributed by atoms with Gasteiger partial charge in [-0.2, -0.15) is 0 Å². The molecule has 3 rings (SSSR count). The van der Waals surface area contributed by atoms with Gasteiger partial charge < -0.3 is 24.0 Å². The van der Waals surface area contributed by atoms with Gasteiger partial charge in [0, 0.05) is 25.6 Å². The second-order valence-electron chi connectivity index (χ2n) is 9.46. The number of carbonyl (C=O) groups excluding carboxylic acids is 1. The topological polar surface area (TPSA) is 102 Å². The van der Waals surface area contributed by atoms with E-state index >= 15 is 0 Å². The molecule has 7 unspecified atom stereocenters. The number of aliphatic hydroxyl groups excluding tert-OH is 2. The Labute approximate surface area is 179 Å². The Morgan fingerprint density at radius 1 is 1.27 bits per heavy atom. The SMILES string of the molecule is C=C1CCC2C(C)(CO)C(O)CCC2(C)C1/C=C/C1C(=O)OCC1P(=O)(OC)OC. The van der Waals surface area contributed by atoms with Crippen LogP contribution in [-0.4, -0.2) is 55.4 Å². The maximum absolute atomic E-state index is 12.9. The number of fused-ring (bicyclic) bond motifs is 1. The fraction of sp³-hybridized carbons (Fsp3) is 0.773. The van der Waals surface area contributed by atoms with Crippen LogP contribution >= 0.6 is 7.60 Å². The summed E-state index contributed by atoms with van der Waals surface area (Å²) in [6.45, 7) is 8.37. The molecule has 3 fully saturated rings. The average molecular weight is 442 g/mol. The zero-order chi connectivity index (χ0) is 22.3. The quantitative estimate of drug-likeness (QED) is 0.370. The number of cyclic esters (lactones) is 1. The summed E-state index contributed by atoms with van der Waals surface area (Å²) in [6.07, 6.45) is 6.29. The molecule has 2 aliphatic carbocycles. The van der Waals surface area contributed by atoms with E-state index in [9.17, 15) is 19.6 Å². The lowest BCUT2D eigenvalue weighted by Gasteiger charge is -2.59. The van der Waals surface area contributed by atoms with E-state index in [-0.39, 0.29) is 30.5 Å². The van der Waals surface area contributed by atoms with Crippen molar-refractivity contribution in [1.82, 2.24) is 0 Å². The van der Waals surface area contributed by atoms with Crippen LogP contribution in [0.5, 0.6) is 0 Å². The van der Waals surface area contributed by atoms with Crippen molar-refractivity contribution in [3.05, 3.63) is 24.3 Å². The Hall–Kier alpha value is -0.980. The van der Waals surface area contributed by atoms with Crippen molar-refractivity contribution < 1.29 is 33.4 Å². The minimum atomic E-state index is -3.47. The zero-order valence-corrected chi connectivity index (χ0v) is 19.3. The molecule has 0 aromatic heterocycles. The fourth-order valence-electron chi connectivity index (χ4n) is 6.09. The van der Waals surface area contributed by atoms with Crippen LogP contribution < -0.4 is 0 Å². The van der Waals surface area contributed by atoms with Crippen LogP contribution in [0.15, 0.2) is 24.3 Å². The molecule has 0 radical (unpaired) electrons. The molecule has 0 aromatic rings. The number of hydrogen-bond donors (Lipinski definition) is 2. The van der Waals surface area contributed by atoms with E-state index in [0.29, 0.717) is 6.42 Å². The maximum Gasteiger partial charge on any atom is 0.337 e. The number of rotatable bonds is 6. The first kappa shape index (κ1) is 23.7. The molecule has 7 atom stereocenters. The van der Waals surface area contributed by atoms with E-state index in [1.54, 1.807) is 6.08 Å². The average Bonchev–Trinajstić information content (AvgIpc) is 3.11. The Morgan fingerprint density at radius 3 is 2.53 bits per heavy atom. The predicted molar refractivity (Wildman–Crippen MR) is 113 cm³/mol. The summed E-state index contributed by atoms with van der Waals surface area (Å²) in [5.74, 6) is -1.05. The largest absolute Gasteiger partial charge is 0.464 e. The van der Waals surface area contributed by atoms with Crippen molar-refractivity contribution in [3.63, 3.8) is 0 Å². The van der Waals surface area contributed by atoms with Gasteiger partial charge in [-0.15, -0.1) is 0 Å². The number of allylic oxidation sites excluding steroid dienone is 2. The summed E-state index contributed by atoms with van der Waals surface area (Å²) in [5, 5.41) is 20.8. The molecule has 1 heterocycles. The van der Waals surface area contributed by atoms with Crippen LogP contribution in [0, 0.1) is 28.6 Å². The standard InChI is InChI=1S/C22H35O7P/c1-14-6-9-18-21(2,11-10-19(24)22(18,3)13-23)16(14)8-7-15-17(12-29-20(15)25)30(26,27-4)28-5/h7-8,15-19,23-24H,1,6,9-13H2,2-5H3/b8-7+. The van der Waals surface area contributed by atoms with Gasteiger partial charge in [-0.25, -0.2) is 0 Å². The highest BCUT2D eigenvalue weighted by Gasteiger charge is 2.57. The van der Waals surface area contributed by atoms with Gasteiger partial charge >= 0.3 is 13.6 Å². The molecular weight excluding hydrogens is 407 g/mol. The fourth-order valence-corrected chi connectivity index (χ4v) is 7.65. The maximum atomic E-state index is 12.9. The normalized spacial score (nSPS) is 42.4. The van der Waals surface area contributed by atoms with Crippen LogP contribution in [0.25, 0.3) is 0 Å². The Morgan fingerprint density at radius 2 is 1.93 bits per heavy atom. The molecule has 0 aromatic carbocycles. The highest BCUT2D eigenvalue weighted by atomic mass is 31.2. The predicted octanol–water partition coefficient (Wildman–Crippen LogP) is 3.31. The van der Waals surface area contributed by atoms with Crippen molar-refractivity contribution in [2.75, 3.05) is 27.4 Å². The van der Waals surface area contributed by atoms with Crippen molar-refractivity contribution in [2.45, 2.75) is 51.3 Å². The Bertz CT molecular complexity index is 757. The lowest BCUT2D eigenvalue weighted by atomic mass is 9.46. The van der Waals surface area contributed by atoms with E-state index in [1.807, 2.05) is 13.0 Å². The lowest BCUT2D eigenvalue weighted by molar-refractivity contribution is -0.146. The van der Waals surface area contributed by atoms with Gasteiger partial charge in [0.1, 0.15) is 12.3 Å². The molecule has 1 aliphatic heterocycles. The molecule has 0 amide bonds. The van der Waals surface area contributed by atoms with Gasteiger partial charge in [-0.3, -0.25) is 9.36 Å². The van der Waals surface area contributed by atoms with Gasteiger partial charge in [0.05, 0.1) is 18.6 Å². The third-order valence-electron chi connectivity index (χ3n) is 8.06. The summed E-state index contributed by atoms with van der Waals surface area (Å²) < 4.78 is 28.3. The van der Waals surface area contributed by atoms with Crippen molar-refractivity contribution in [2.24, 2.45) is 28.6 Å². The number of aliphatic hydroxyl groups is 2. The van der Waals surface area contributed by atoms with Gasteiger partial charge in [0.2, 0.25) is 0 Å². The number of carbonyl (C=O) groups is 1. The Kier molecular flexibility index (Phi) is 6.72. The summed E-state index contributed by atoms with van der Waals surface area (Å²) in [6, 6.07) is 0. The number of esters is 1. The molecule has 2 N–H and O–H groups in total. The first-order valence-electron chi connectivity index (χ1n) is 10.6. The molecular formula is C22H35O7P. The first-order chi connectivity index (χ1) is 14.1. The molecule has 0 spiro atoms. The molecule has 170 valence electrons. The molecule has 8 heteroatoms. The number of ether oxygens (including phenoxy) is 1. The van der Waals surface area contributed by atoms with Crippen LogP contribution in [-0.2, 0) is 23.1 Å². The minimum Gasteiger partial charge on any atom is -0.464 e. The van der Waals surface area contributed by atoms with Crippen molar-refractivity contribution >= 4 is 13.6 Å². The highest BCUT2D eigenvalue weighted by molar-refractivity contribution is 7.54. The molecule has 0 bridgehead atoms.